The third-order valence-electron chi connectivity index (χ3n) is 5.00. The summed E-state index contributed by atoms with van der Waals surface area (Å²) in [6.45, 7) is 1.78. The Balaban J connectivity index is 1.87. The zero-order valence-electron chi connectivity index (χ0n) is 17.1. The lowest BCUT2D eigenvalue weighted by molar-refractivity contribution is -0.118. The third-order valence-corrected chi connectivity index (χ3v) is 5.00. The summed E-state index contributed by atoms with van der Waals surface area (Å²) in [4.78, 5) is 42.8. The van der Waals surface area contributed by atoms with Gasteiger partial charge in [-0.2, -0.15) is 0 Å². The van der Waals surface area contributed by atoms with E-state index < -0.39 is 22.9 Å². The number of carbonyl (C=O) groups is 1. The molecule has 2 aromatic carbocycles. The number of benzene rings is 2. The summed E-state index contributed by atoms with van der Waals surface area (Å²) in [6, 6.07) is 12.4. The molecule has 1 aliphatic heterocycles. The molecule has 8 nitrogen and oxygen atoms in total. The predicted octanol–water partition coefficient (Wildman–Crippen LogP) is 0.722. The fraction of sp³-hybridized carbons (Fsp3) is 0.130. The van der Waals surface area contributed by atoms with Crippen LogP contribution in [-0.2, 0) is 4.79 Å². The molecule has 2 heterocycles. The van der Waals surface area contributed by atoms with Crippen LogP contribution in [0.1, 0.15) is 18.9 Å². The van der Waals surface area contributed by atoms with Crippen molar-refractivity contribution in [2.75, 3.05) is 6.54 Å². The van der Waals surface area contributed by atoms with Crippen molar-refractivity contribution in [1.29, 1.82) is 0 Å². The zero-order chi connectivity index (χ0) is 22.8. The molecule has 32 heavy (non-hydrogen) atoms. The molecule has 3 aromatic rings. The van der Waals surface area contributed by atoms with Crippen LogP contribution in [0.5, 0.6) is 5.88 Å². The number of aromatic amines is 1. The van der Waals surface area contributed by atoms with E-state index in [1.165, 1.54) is 31.2 Å². The Hall–Kier alpha value is -4.27. The topological polar surface area (TPSA) is 117 Å². The van der Waals surface area contributed by atoms with E-state index in [9.17, 15) is 23.9 Å². The molecule has 3 N–H and O–H groups in total. The van der Waals surface area contributed by atoms with Crippen molar-refractivity contribution in [2.45, 2.75) is 13.3 Å². The van der Waals surface area contributed by atoms with E-state index in [0.717, 1.165) is 21.4 Å². The van der Waals surface area contributed by atoms with Gasteiger partial charge in [0.1, 0.15) is 11.4 Å². The van der Waals surface area contributed by atoms with E-state index >= 15 is 0 Å². The Labute approximate surface area is 180 Å². The van der Waals surface area contributed by atoms with Gasteiger partial charge in [0.2, 0.25) is 11.8 Å². The van der Waals surface area contributed by atoms with Gasteiger partial charge in [0.25, 0.3) is 5.56 Å². The Morgan fingerprint density at radius 3 is 2.75 bits per heavy atom. The summed E-state index contributed by atoms with van der Waals surface area (Å²) in [5, 5.41) is 15.0. The maximum atomic E-state index is 13.7. The van der Waals surface area contributed by atoms with E-state index in [1.54, 1.807) is 0 Å². The Bertz CT molecular complexity index is 1500. The second-order valence-corrected chi connectivity index (χ2v) is 7.18. The van der Waals surface area contributed by atoms with Crippen LogP contribution >= 0.6 is 0 Å². The number of nitrogens with zero attached hydrogens (tertiary/aromatic N) is 2. The molecule has 0 spiro atoms. The Morgan fingerprint density at radius 1 is 1.22 bits per heavy atom. The highest BCUT2D eigenvalue weighted by Crippen LogP contribution is 2.24. The first-order chi connectivity index (χ1) is 15.3. The number of para-hydroxylation sites is 1. The van der Waals surface area contributed by atoms with Crippen molar-refractivity contribution in [3.8, 4) is 11.6 Å². The van der Waals surface area contributed by atoms with Crippen LogP contribution in [0.15, 0.2) is 68.8 Å². The van der Waals surface area contributed by atoms with E-state index in [4.69, 9.17) is 0 Å². The number of aromatic hydroxyl groups is 1. The van der Waals surface area contributed by atoms with E-state index in [-0.39, 0.29) is 17.2 Å². The van der Waals surface area contributed by atoms with Gasteiger partial charge in [0.15, 0.2) is 0 Å². The molecule has 0 bridgehead atoms. The van der Waals surface area contributed by atoms with Crippen molar-refractivity contribution < 1.29 is 14.3 Å². The van der Waals surface area contributed by atoms with Crippen molar-refractivity contribution in [3.05, 3.63) is 97.0 Å². The number of allylic oxidation sites excluding steroid dienone is 1. The van der Waals surface area contributed by atoms with E-state index in [1.807, 2.05) is 24.3 Å². The van der Waals surface area contributed by atoms with Crippen LogP contribution in [0.2, 0.25) is 0 Å². The number of amides is 1. The summed E-state index contributed by atoms with van der Waals surface area (Å²) in [5.74, 6) is -1.41. The number of fused-ring (bicyclic) bond motifs is 1. The molecule has 0 saturated heterocycles. The van der Waals surface area contributed by atoms with Crippen molar-refractivity contribution in [3.63, 3.8) is 0 Å². The number of carbonyl (C=O) groups excluding carboxylic acids is 1. The summed E-state index contributed by atoms with van der Waals surface area (Å²) in [6.07, 6.45) is 1.82. The van der Waals surface area contributed by atoms with Crippen LogP contribution in [-0.4, -0.2) is 27.1 Å². The molecule has 162 valence electrons. The first-order valence-corrected chi connectivity index (χ1v) is 9.83. The van der Waals surface area contributed by atoms with Gasteiger partial charge in [0.05, 0.1) is 16.7 Å². The lowest BCUT2D eigenvalue weighted by Crippen LogP contribution is -2.30. The number of halogens is 1. The van der Waals surface area contributed by atoms with Gasteiger partial charge in [-0.3, -0.25) is 14.6 Å². The average molecular weight is 434 g/mol. The number of hydrogen-bond acceptors (Lipinski definition) is 5. The number of aromatic nitrogens is 2. The summed E-state index contributed by atoms with van der Waals surface area (Å²) >= 11 is 0. The summed E-state index contributed by atoms with van der Waals surface area (Å²) in [5.41, 5.74) is -0.650. The van der Waals surface area contributed by atoms with Crippen LogP contribution in [0.3, 0.4) is 0 Å². The minimum atomic E-state index is -0.901. The lowest BCUT2D eigenvalue weighted by Gasteiger charge is -2.11. The lowest BCUT2D eigenvalue weighted by atomic mass is 10.1. The fourth-order valence-corrected chi connectivity index (χ4v) is 3.57. The second kappa shape index (κ2) is 8.46. The monoisotopic (exact) mass is 434 g/mol. The molecule has 0 aliphatic carbocycles. The molecular formula is C23H19FN4O4. The molecule has 1 aliphatic rings. The minimum Gasteiger partial charge on any atom is -0.494 e. The van der Waals surface area contributed by atoms with Crippen LogP contribution in [0.4, 0.5) is 4.39 Å². The predicted molar refractivity (Wildman–Crippen MR) is 116 cm³/mol. The van der Waals surface area contributed by atoms with Crippen LogP contribution in [0, 0.1) is 5.82 Å². The number of hydrogen-bond donors (Lipinski definition) is 3. The molecule has 0 radical (unpaired) electrons. The highest BCUT2D eigenvalue weighted by Gasteiger charge is 2.18. The molecule has 1 amide bonds. The van der Waals surface area contributed by atoms with Gasteiger partial charge >= 0.3 is 5.69 Å². The fourth-order valence-electron chi connectivity index (χ4n) is 3.57. The SMILES string of the molecule is CC(=O)NCCC1=c2ccccc2=NC1=Cc1c(O)n(-c2cccc(F)c2)c(=O)[nH]c1=O. The third kappa shape index (κ3) is 4.00. The van der Waals surface area contributed by atoms with Gasteiger partial charge in [-0.1, -0.05) is 24.3 Å². The summed E-state index contributed by atoms with van der Waals surface area (Å²) < 4.78 is 14.5. The van der Waals surface area contributed by atoms with Gasteiger partial charge in [-0.15, -0.1) is 0 Å². The molecule has 4 rings (SSSR count). The Morgan fingerprint density at radius 2 is 2.00 bits per heavy atom. The van der Waals surface area contributed by atoms with Crippen molar-refractivity contribution in [1.82, 2.24) is 14.9 Å². The molecule has 0 fully saturated rings. The first kappa shape index (κ1) is 21.0. The molecular weight excluding hydrogens is 415 g/mol. The average Bonchev–Trinajstić information content (AvgIpc) is 3.08. The smallest absolute Gasteiger partial charge is 0.335 e. The first-order valence-electron chi connectivity index (χ1n) is 9.83. The highest BCUT2D eigenvalue weighted by atomic mass is 19.1. The number of H-pyrrole nitrogens is 1. The van der Waals surface area contributed by atoms with E-state index in [2.05, 4.69) is 15.3 Å². The van der Waals surface area contributed by atoms with Crippen LogP contribution < -0.4 is 27.1 Å². The molecule has 0 unspecified atom stereocenters. The van der Waals surface area contributed by atoms with Gasteiger partial charge < -0.3 is 10.4 Å². The number of rotatable bonds is 5. The van der Waals surface area contributed by atoms with Crippen LogP contribution in [0.25, 0.3) is 17.3 Å². The van der Waals surface area contributed by atoms with Gasteiger partial charge in [-0.05, 0) is 42.3 Å². The Kier molecular flexibility index (Phi) is 5.55. The molecule has 1 aromatic heterocycles. The molecule has 0 atom stereocenters. The quantitative estimate of drug-likeness (QED) is 0.549. The molecule has 9 heteroatoms. The zero-order valence-corrected chi connectivity index (χ0v) is 17.1. The minimum absolute atomic E-state index is 0.0601. The van der Waals surface area contributed by atoms with E-state index in [0.29, 0.717) is 24.0 Å². The number of nitrogens with one attached hydrogen (secondary N) is 2. The summed E-state index contributed by atoms with van der Waals surface area (Å²) in [7, 11) is 0. The largest absolute Gasteiger partial charge is 0.494 e. The normalized spacial score (nSPS) is 13.7. The second-order valence-electron chi connectivity index (χ2n) is 7.18. The maximum absolute atomic E-state index is 13.7. The van der Waals surface area contributed by atoms with Gasteiger partial charge in [0, 0.05) is 18.7 Å². The maximum Gasteiger partial charge on any atom is 0.335 e. The molecule has 0 saturated carbocycles. The standard InChI is InChI=1S/C23H19FN4O4/c1-13(29)25-10-9-17-16-7-2-3-8-19(16)26-20(17)12-18-21(30)27-23(32)28(22(18)31)15-6-4-5-14(24)11-15/h2-8,11-12,31H,9-10H2,1H3,(H,25,29)(H,27,30,32). The van der Waals surface area contributed by atoms with Gasteiger partial charge in [-0.25, -0.2) is 18.7 Å². The highest BCUT2D eigenvalue weighted by molar-refractivity contribution is 5.77. The van der Waals surface area contributed by atoms with Crippen molar-refractivity contribution >= 4 is 17.6 Å². The van der Waals surface area contributed by atoms with Crippen molar-refractivity contribution in [2.24, 2.45) is 4.99 Å².